The summed E-state index contributed by atoms with van der Waals surface area (Å²) in [4.78, 5) is 2.43. The first-order valence-corrected chi connectivity index (χ1v) is 8.93. The summed E-state index contributed by atoms with van der Waals surface area (Å²) in [5.74, 6) is 0.921. The van der Waals surface area contributed by atoms with Crippen LogP contribution in [0, 0.1) is 5.92 Å². The fourth-order valence-electron chi connectivity index (χ4n) is 2.68. The minimum Gasteiger partial charge on any atom is -0.377 e. The fraction of sp³-hybridized carbons (Fsp3) is 1.00. The van der Waals surface area contributed by atoms with Crippen LogP contribution in [0.3, 0.4) is 0 Å². The summed E-state index contributed by atoms with van der Waals surface area (Å²) < 4.78 is 16.3. The van der Waals surface area contributed by atoms with Gasteiger partial charge < -0.3 is 18.2 Å². The third-order valence-corrected chi connectivity index (χ3v) is 6.95. The number of nitrogens with zero attached hydrogens (tertiary/aromatic N) is 1. The highest BCUT2D eigenvalue weighted by Crippen LogP contribution is 2.24. The number of hydrogen-bond donors (Lipinski definition) is 0. The minimum absolute atomic E-state index is 0.921. The van der Waals surface area contributed by atoms with E-state index in [0.717, 1.165) is 18.4 Å². The average Bonchev–Trinajstić information content (AvgIpc) is 2.42. The second kappa shape index (κ2) is 8.27. The number of likely N-dealkylation sites (tertiary alicyclic amines) is 1. The Labute approximate surface area is 113 Å². The highest BCUT2D eigenvalue weighted by molar-refractivity contribution is 6.60. The van der Waals surface area contributed by atoms with E-state index in [9.17, 15) is 0 Å². The van der Waals surface area contributed by atoms with Gasteiger partial charge in [-0.3, -0.25) is 0 Å². The van der Waals surface area contributed by atoms with Crippen LogP contribution in [0.25, 0.3) is 0 Å². The van der Waals surface area contributed by atoms with Gasteiger partial charge in [0.05, 0.1) is 0 Å². The second-order valence-corrected chi connectivity index (χ2v) is 8.38. The largest absolute Gasteiger partial charge is 0.500 e. The van der Waals surface area contributed by atoms with E-state index in [1.807, 2.05) is 0 Å². The molecule has 0 bridgehead atoms. The topological polar surface area (TPSA) is 30.9 Å². The molecule has 0 saturated carbocycles. The molecule has 1 saturated heterocycles. The minimum atomic E-state index is -2.32. The molecule has 108 valence electrons. The number of unbranched alkanes of at least 4 members (excludes halogenated alkanes) is 1. The van der Waals surface area contributed by atoms with Crippen LogP contribution in [0.15, 0.2) is 0 Å². The van der Waals surface area contributed by atoms with Gasteiger partial charge in [0.25, 0.3) is 0 Å². The van der Waals surface area contributed by atoms with Gasteiger partial charge in [-0.15, -0.1) is 0 Å². The van der Waals surface area contributed by atoms with Crippen molar-refractivity contribution in [2.45, 2.75) is 38.1 Å². The van der Waals surface area contributed by atoms with Crippen molar-refractivity contribution in [2.24, 2.45) is 5.92 Å². The summed E-state index contributed by atoms with van der Waals surface area (Å²) in [6.07, 6.45) is 6.47. The molecule has 1 rings (SSSR count). The Morgan fingerprint density at radius 2 is 1.56 bits per heavy atom. The highest BCUT2D eigenvalue weighted by atomic mass is 28.4. The summed E-state index contributed by atoms with van der Waals surface area (Å²) in [7, 11) is 4.96. The molecule has 0 aromatic carbocycles. The van der Waals surface area contributed by atoms with Gasteiger partial charge in [-0.2, -0.15) is 0 Å². The van der Waals surface area contributed by atoms with E-state index >= 15 is 0 Å². The lowest BCUT2D eigenvalue weighted by Crippen LogP contribution is -2.42. The molecular weight excluding hydrogens is 246 g/mol. The molecule has 0 aromatic heterocycles. The maximum absolute atomic E-state index is 5.43. The molecule has 0 unspecified atom stereocenters. The maximum Gasteiger partial charge on any atom is 0.500 e. The van der Waals surface area contributed by atoms with Crippen molar-refractivity contribution < 1.29 is 13.3 Å². The summed E-state index contributed by atoms with van der Waals surface area (Å²) >= 11 is 0. The van der Waals surface area contributed by atoms with Crippen molar-refractivity contribution in [3.8, 4) is 0 Å². The third-order valence-electron chi connectivity index (χ3n) is 4.12. The van der Waals surface area contributed by atoms with Crippen LogP contribution < -0.4 is 0 Å². The second-order valence-electron chi connectivity index (χ2n) is 5.29. The van der Waals surface area contributed by atoms with E-state index < -0.39 is 8.80 Å². The van der Waals surface area contributed by atoms with Gasteiger partial charge in [0, 0.05) is 27.4 Å². The number of piperidine rings is 1. The predicted octanol–water partition coefficient (Wildman–Crippen LogP) is 2.38. The summed E-state index contributed by atoms with van der Waals surface area (Å²) in [5.41, 5.74) is 0. The van der Waals surface area contributed by atoms with Gasteiger partial charge in [-0.25, -0.2) is 0 Å². The Hall–Kier alpha value is 0.0569. The van der Waals surface area contributed by atoms with E-state index in [1.54, 1.807) is 21.3 Å². The molecule has 0 N–H and O–H groups in total. The first kappa shape index (κ1) is 16.1. The molecule has 0 atom stereocenters. The normalized spacial score (nSPS) is 19.3. The average molecular weight is 275 g/mol. The first-order valence-electron chi connectivity index (χ1n) is 7.00. The quantitative estimate of drug-likeness (QED) is 0.503. The van der Waals surface area contributed by atoms with Crippen LogP contribution in [0.5, 0.6) is 0 Å². The zero-order valence-electron chi connectivity index (χ0n) is 12.4. The van der Waals surface area contributed by atoms with E-state index in [-0.39, 0.29) is 0 Å². The Kier molecular flexibility index (Phi) is 7.40. The summed E-state index contributed by atoms with van der Waals surface area (Å²) in [6, 6.07) is 0.934. The molecule has 4 nitrogen and oxygen atoms in total. The van der Waals surface area contributed by atoms with E-state index in [0.29, 0.717) is 0 Å². The van der Waals surface area contributed by atoms with E-state index in [4.69, 9.17) is 13.3 Å². The van der Waals surface area contributed by atoms with Crippen LogP contribution >= 0.6 is 0 Å². The van der Waals surface area contributed by atoms with Gasteiger partial charge >= 0.3 is 8.80 Å². The zero-order chi connectivity index (χ0) is 13.4. The molecule has 0 spiro atoms. The number of hydrogen-bond acceptors (Lipinski definition) is 4. The Bertz CT molecular complexity index is 208. The Balaban J connectivity index is 2.14. The van der Waals surface area contributed by atoms with Crippen LogP contribution in [-0.4, -0.2) is 55.2 Å². The smallest absolute Gasteiger partial charge is 0.377 e. The molecule has 1 heterocycles. The van der Waals surface area contributed by atoms with Crippen LogP contribution in [-0.2, 0) is 13.3 Å². The number of rotatable bonds is 8. The molecule has 0 radical (unpaired) electrons. The highest BCUT2D eigenvalue weighted by Gasteiger charge is 2.36. The Morgan fingerprint density at radius 1 is 1.00 bits per heavy atom. The molecular formula is C13H29NO3Si. The van der Waals surface area contributed by atoms with Crippen molar-refractivity contribution in [3.05, 3.63) is 0 Å². The van der Waals surface area contributed by atoms with Gasteiger partial charge in [0.1, 0.15) is 0 Å². The summed E-state index contributed by atoms with van der Waals surface area (Å²) in [5, 5.41) is 0. The predicted molar refractivity (Wildman–Crippen MR) is 75.7 cm³/mol. The Morgan fingerprint density at radius 3 is 2.06 bits per heavy atom. The van der Waals surface area contributed by atoms with Crippen LogP contribution in [0.4, 0.5) is 0 Å². The molecule has 0 amide bonds. The van der Waals surface area contributed by atoms with Crippen molar-refractivity contribution in [1.29, 1.82) is 0 Å². The first-order chi connectivity index (χ1) is 8.65. The molecule has 1 aliphatic heterocycles. The van der Waals surface area contributed by atoms with Gasteiger partial charge in [0.2, 0.25) is 0 Å². The van der Waals surface area contributed by atoms with Crippen LogP contribution in [0.2, 0.25) is 6.04 Å². The van der Waals surface area contributed by atoms with Gasteiger partial charge in [0.15, 0.2) is 0 Å². The van der Waals surface area contributed by atoms with Gasteiger partial charge in [-0.05, 0) is 45.3 Å². The lowest BCUT2D eigenvalue weighted by atomic mass is 9.92. The third kappa shape index (κ3) is 4.97. The van der Waals surface area contributed by atoms with E-state index in [1.165, 1.54) is 38.8 Å². The monoisotopic (exact) mass is 275 g/mol. The van der Waals surface area contributed by atoms with Gasteiger partial charge in [-0.1, -0.05) is 12.8 Å². The SMILES string of the molecule is CO[Si](CCCCC1CCN(C)CC1)(OC)OC. The molecule has 5 heteroatoms. The molecule has 1 fully saturated rings. The zero-order valence-corrected chi connectivity index (χ0v) is 13.4. The van der Waals surface area contributed by atoms with Crippen LogP contribution in [0.1, 0.15) is 32.1 Å². The lowest BCUT2D eigenvalue weighted by molar-refractivity contribution is 0.122. The fourth-order valence-corrected chi connectivity index (χ4v) is 4.48. The van der Waals surface area contributed by atoms with Crippen molar-refractivity contribution >= 4 is 8.80 Å². The van der Waals surface area contributed by atoms with E-state index in [2.05, 4.69) is 11.9 Å². The standard InChI is InChI=1S/C13H29NO3Si/c1-14-10-8-13(9-11-14)7-5-6-12-18(15-2,16-3)17-4/h13H,5-12H2,1-4H3. The maximum atomic E-state index is 5.43. The molecule has 1 aliphatic rings. The van der Waals surface area contributed by atoms with Crippen molar-refractivity contribution in [3.63, 3.8) is 0 Å². The lowest BCUT2D eigenvalue weighted by Gasteiger charge is -2.29. The summed E-state index contributed by atoms with van der Waals surface area (Å²) in [6.45, 7) is 2.52. The van der Waals surface area contributed by atoms with Crippen molar-refractivity contribution in [2.75, 3.05) is 41.5 Å². The van der Waals surface area contributed by atoms with Crippen molar-refractivity contribution in [1.82, 2.24) is 4.90 Å². The molecule has 0 aliphatic carbocycles. The molecule has 18 heavy (non-hydrogen) atoms. The molecule has 0 aromatic rings.